The van der Waals surface area contributed by atoms with Crippen LogP contribution >= 0.6 is 0 Å². The molecule has 0 fully saturated rings. The molecule has 0 saturated heterocycles. The summed E-state index contributed by atoms with van der Waals surface area (Å²) in [6, 6.07) is 12.5. The highest BCUT2D eigenvalue weighted by Crippen LogP contribution is 2.28. The maximum absolute atomic E-state index is 12.3. The number of hydrogen-bond donors (Lipinski definition) is 1. The monoisotopic (exact) mass is 339 g/mol. The van der Waals surface area contributed by atoms with Gasteiger partial charge in [0.05, 0.1) is 14.2 Å². The second-order valence-corrected chi connectivity index (χ2v) is 5.30. The average Bonchev–Trinajstić information content (AvgIpc) is 3.10. The summed E-state index contributed by atoms with van der Waals surface area (Å²) in [7, 11) is 3.04. The van der Waals surface area contributed by atoms with Crippen molar-refractivity contribution in [2.75, 3.05) is 19.5 Å². The van der Waals surface area contributed by atoms with Gasteiger partial charge in [0.15, 0.2) is 11.5 Å². The number of benzene rings is 2. The molecule has 1 amide bonds. The van der Waals surface area contributed by atoms with Crippen LogP contribution in [0.5, 0.6) is 11.5 Å². The van der Waals surface area contributed by atoms with E-state index in [1.165, 1.54) is 14.2 Å². The minimum atomic E-state index is -0.389. The topological polar surface area (TPSA) is 86.5 Å². The van der Waals surface area contributed by atoms with E-state index in [9.17, 15) is 4.79 Å². The Hall–Kier alpha value is -3.35. The molecule has 0 atom stereocenters. The molecular weight excluding hydrogens is 322 g/mol. The number of amides is 1. The molecule has 7 heteroatoms. The second-order valence-electron chi connectivity index (χ2n) is 5.30. The summed E-state index contributed by atoms with van der Waals surface area (Å²) < 4.78 is 15.8. The number of carbonyl (C=O) groups excluding carboxylic acids is 1. The van der Waals surface area contributed by atoms with E-state index >= 15 is 0 Å². The van der Waals surface area contributed by atoms with Gasteiger partial charge < -0.3 is 13.9 Å². The number of hydrogen-bond acceptors (Lipinski definition) is 6. The van der Waals surface area contributed by atoms with Gasteiger partial charge in [-0.25, -0.2) is 0 Å². The summed E-state index contributed by atoms with van der Waals surface area (Å²) >= 11 is 0. The van der Waals surface area contributed by atoms with Crippen LogP contribution in [0.2, 0.25) is 0 Å². The molecular formula is C18H17N3O4. The molecule has 0 aliphatic rings. The molecule has 2 aromatic carbocycles. The zero-order valence-corrected chi connectivity index (χ0v) is 14.1. The van der Waals surface area contributed by atoms with Gasteiger partial charge in [-0.3, -0.25) is 10.1 Å². The van der Waals surface area contributed by atoms with Gasteiger partial charge in [-0.15, -0.1) is 5.10 Å². The molecule has 7 nitrogen and oxygen atoms in total. The van der Waals surface area contributed by atoms with Crippen molar-refractivity contribution in [3.05, 3.63) is 53.6 Å². The van der Waals surface area contributed by atoms with Crippen molar-refractivity contribution in [2.24, 2.45) is 0 Å². The lowest BCUT2D eigenvalue weighted by Gasteiger charge is -2.08. The van der Waals surface area contributed by atoms with Gasteiger partial charge in [0.2, 0.25) is 5.89 Å². The van der Waals surface area contributed by atoms with Gasteiger partial charge in [-0.05, 0) is 37.3 Å². The Morgan fingerprint density at radius 1 is 1.00 bits per heavy atom. The summed E-state index contributed by atoms with van der Waals surface area (Å²) in [5.74, 6) is 0.946. The molecule has 1 N–H and O–H groups in total. The fourth-order valence-corrected chi connectivity index (χ4v) is 2.23. The Kier molecular flexibility index (Phi) is 4.65. The Morgan fingerprint density at radius 3 is 2.40 bits per heavy atom. The molecule has 1 aromatic heterocycles. The molecule has 0 spiro atoms. The van der Waals surface area contributed by atoms with Crippen molar-refractivity contribution in [3.8, 4) is 23.0 Å². The van der Waals surface area contributed by atoms with Crippen molar-refractivity contribution < 1.29 is 18.7 Å². The Labute approximate surface area is 144 Å². The van der Waals surface area contributed by atoms with Crippen LogP contribution in [0.3, 0.4) is 0 Å². The van der Waals surface area contributed by atoms with Crippen LogP contribution in [0.4, 0.5) is 6.01 Å². The summed E-state index contributed by atoms with van der Waals surface area (Å²) in [5, 5.41) is 10.4. The van der Waals surface area contributed by atoms with E-state index in [0.29, 0.717) is 23.0 Å². The molecule has 0 bridgehead atoms. The lowest BCUT2D eigenvalue weighted by molar-refractivity contribution is 0.102. The molecule has 1 heterocycles. The molecule has 0 aliphatic carbocycles. The van der Waals surface area contributed by atoms with Crippen LogP contribution in [0, 0.1) is 6.92 Å². The standard InChI is InChI=1S/C18H17N3O4/c1-11-4-6-12(7-5-11)17-20-21-18(25-17)19-16(22)13-8-9-14(23-2)15(10-13)24-3/h4-10H,1-3H3,(H,19,21,22). The number of carbonyl (C=O) groups is 1. The lowest BCUT2D eigenvalue weighted by Crippen LogP contribution is -2.12. The SMILES string of the molecule is COc1ccc(C(=O)Nc2nnc(-c3ccc(C)cc3)o2)cc1OC. The summed E-state index contributed by atoms with van der Waals surface area (Å²) in [5.41, 5.74) is 2.29. The van der Waals surface area contributed by atoms with E-state index in [1.807, 2.05) is 31.2 Å². The lowest BCUT2D eigenvalue weighted by atomic mass is 10.1. The normalized spacial score (nSPS) is 10.4. The second kappa shape index (κ2) is 7.04. The largest absolute Gasteiger partial charge is 0.493 e. The number of aromatic nitrogens is 2. The van der Waals surface area contributed by atoms with Gasteiger partial charge in [-0.2, -0.15) is 0 Å². The van der Waals surface area contributed by atoms with Crippen LogP contribution < -0.4 is 14.8 Å². The Bertz CT molecular complexity index is 888. The van der Waals surface area contributed by atoms with Crippen LogP contribution in [0.15, 0.2) is 46.9 Å². The van der Waals surface area contributed by atoms with Gasteiger partial charge in [-0.1, -0.05) is 22.8 Å². The molecule has 0 unspecified atom stereocenters. The molecule has 128 valence electrons. The van der Waals surface area contributed by atoms with Crippen molar-refractivity contribution in [1.29, 1.82) is 0 Å². The number of nitrogens with one attached hydrogen (secondary N) is 1. The van der Waals surface area contributed by atoms with Crippen molar-refractivity contribution in [1.82, 2.24) is 10.2 Å². The maximum atomic E-state index is 12.3. The number of ether oxygens (including phenoxy) is 2. The first-order valence-electron chi connectivity index (χ1n) is 7.54. The fraction of sp³-hybridized carbons (Fsp3) is 0.167. The van der Waals surface area contributed by atoms with E-state index in [-0.39, 0.29) is 11.9 Å². The summed E-state index contributed by atoms with van der Waals surface area (Å²) in [4.78, 5) is 12.3. The van der Waals surface area contributed by atoms with Gasteiger partial charge >= 0.3 is 6.01 Å². The van der Waals surface area contributed by atoms with Crippen molar-refractivity contribution in [3.63, 3.8) is 0 Å². The predicted molar refractivity (Wildman–Crippen MR) is 92.0 cm³/mol. The highest BCUT2D eigenvalue weighted by Gasteiger charge is 2.15. The minimum Gasteiger partial charge on any atom is -0.493 e. The summed E-state index contributed by atoms with van der Waals surface area (Å²) in [6.45, 7) is 1.99. The van der Waals surface area contributed by atoms with Crippen molar-refractivity contribution in [2.45, 2.75) is 6.92 Å². The highest BCUT2D eigenvalue weighted by molar-refractivity contribution is 6.03. The van der Waals surface area contributed by atoms with Gasteiger partial charge in [0.1, 0.15) is 0 Å². The van der Waals surface area contributed by atoms with Crippen LogP contribution in [-0.4, -0.2) is 30.3 Å². The zero-order valence-electron chi connectivity index (χ0n) is 14.1. The van der Waals surface area contributed by atoms with Crippen LogP contribution in [0.1, 0.15) is 15.9 Å². The minimum absolute atomic E-state index is 0.0235. The van der Waals surface area contributed by atoms with Gasteiger partial charge in [0, 0.05) is 11.1 Å². The smallest absolute Gasteiger partial charge is 0.322 e. The van der Waals surface area contributed by atoms with E-state index in [2.05, 4.69) is 15.5 Å². The van der Waals surface area contributed by atoms with E-state index in [0.717, 1.165) is 11.1 Å². The van der Waals surface area contributed by atoms with Crippen LogP contribution in [-0.2, 0) is 0 Å². The molecule has 0 aliphatic heterocycles. The molecule has 0 saturated carbocycles. The number of rotatable bonds is 5. The van der Waals surface area contributed by atoms with E-state index in [4.69, 9.17) is 13.9 Å². The first-order valence-corrected chi connectivity index (χ1v) is 7.54. The fourth-order valence-electron chi connectivity index (χ4n) is 2.23. The van der Waals surface area contributed by atoms with E-state index < -0.39 is 0 Å². The molecule has 25 heavy (non-hydrogen) atoms. The molecule has 3 rings (SSSR count). The number of anilines is 1. The number of nitrogens with zero attached hydrogens (tertiary/aromatic N) is 2. The number of methoxy groups -OCH3 is 2. The quantitative estimate of drug-likeness (QED) is 0.767. The Balaban J connectivity index is 1.76. The third-order valence-electron chi connectivity index (χ3n) is 3.59. The first kappa shape index (κ1) is 16.5. The average molecular weight is 339 g/mol. The van der Waals surface area contributed by atoms with E-state index in [1.54, 1.807) is 18.2 Å². The third kappa shape index (κ3) is 3.60. The highest BCUT2D eigenvalue weighted by atomic mass is 16.5. The van der Waals surface area contributed by atoms with Crippen molar-refractivity contribution >= 4 is 11.9 Å². The maximum Gasteiger partial charge on any atom is 0.322 e. The summed E-state index contributed by atoms with van der Waals surface area (Å²) in [6.07, 6.45) is 0. The predicted octanol–water partition coefficient (Wildman–Crippen LogP) is 3.31. The molecule has 3 aromatic rings. The van der Waals surface area contributed by atoms with Crippen LogP contribution in [0.25, 0.3) is 11.5 Å². The first-order chi connectivity index (χ1) is 12.1. The van der Waals surface area contributed by atoms with Gasteiger partial charge in [0.25, 0.3) is 5.91 Å². The Morgan fingerprint density at radius 2 is 1.72 bits per heavy atom. The third-order valence-corrected chi connectivity index (χ3v) is 3.59. The zero-order chi connectivity index (χ0) is 17.8. The molecule has 0 radical (unpaired) electrons. The number of aryl methyl sites for hydroxylation is 1.